The maximum Gasteiger partial charge on any atom is 0.223 e. The highest BCUT2D eigenvalue weighted by Gasteiger charge is 2.14. The van der Waals surface area contributed by atoms with E-state index in [1.165, 1.54) is 10.9 Å². The van der Waals surface area contributed by atoms with Crippen LogP contribution in [0.3, 0.4) is 0 Å². The van der Waals surface area contributed by atoms with Crippen LogP contribution in [0, 0.1) is 0 Å². The summed E-state index contributed by atoms with van der Waals surface area (Å²) in [5, 5.41) is 14.6. The van der Waals surface area contributed by atoms with E-state index in [0.29, 0.717) is 23.2 Å². The highest BCUT2D eigenvalue weighted by molar-refractivity contribution is 5.74. The van der Waals surface area contributed by atoms with Gasteiger partial charge in [0.25, 0.3) is 0 Å². The van der Waals surface area contributed by atoms with Crippen molar-refractivity contribution >= 4 is 12.1 Å². The van der Waals surface area contributed by atoms with Crippen LogP contribution in [-0.4, -0.2) is 45.2 Å². The lowest BCUT2D eigenvalue weighted by molar-refractivity contribution is 0.112. The molecular weight excluding hydrogens is 294 g/mol. The number of anilines is 1. The fourth-order valence-electron chi connectivity index (χ4n) is 2.14. The van der Waals surface area contributed by atoms with Gasteiger partial charge in [0.05, 0.1) is 11.8 Å². The standard InChI is InChI=1S/C16H15N5O2/c1-20(2)15-7-12(5-6-17-15)13-9-19-21(16(13)23)14-4-3-11(10-22)8-18-14/h3-10,23H,1-2H3. The Kier molecular flexibility index (Phi) is 3.76. The van der Waals surface area contributed by atoms with Gasteiger partial charge in [0.2, 0.25) is 5.88 Å². The summed E-state index contributed by atoms with van der Waals surface area (Å²) >= 11 is 0. The summed E-state index contributed by atoms with van der Waals surface area (Å²) in [7, 11) is 3.79. The summed E-state index contributed by atoms with van der Waals surface area (Å²) in [6, 6.07) is 6.91. The number of carbonyl (C=O) groups excluding carboxylic acids is 1. The van der Waals surface area contributed by atoms with Gasteiger partial charge in [-0.1, -0.05) is 0 Å². The maximum atomic E-state index is 10.7. The lowest BCUT2D eigenvalue weighted by Crippen LogP contribution is -2.10. The van der Waals surface area contributed by atoms with Crippen molar-refractivity contribution in [2.24, 2.45) is 0 Å². The molecule has 3 aromatic rings. The average molecular weight is 309 g/mol. The minimum Gasteiger partial charge on any atom is -0.493 e. The molecule has 0 aliphatic rings. The second kappa shape index (κ2) is 5.88. The first-order chi connectivity index (χ1) is 11.1. The van der Waals surface area contributed by atoms with Crippen molar-refractivity contribution < 1.29 is 9.90 Å². The molecule has 0 saturated carbocycles. The number of pyridine rings is 2. The van der Waals surface area contributed by atoms with Crippen molar-refractivity contribution in [3.8, 4) is 22.8 Å². The predicted molar refractivity (Wildman–Crippen MR) is 86.0 cm³/mol. The summed E-state index contributed by atoms with van der Waals surface area (Å²) in [4.78, 5) is 20.9. The Labute approximate surface area is 132 Å². The van der Waals surface area contributed by atoms with Crippen molar-refractivity contribution in [2.75, 3.05) is 19.0 Å². The zero-order valence-corrected chi connectivity index (χ0v) is 12.7. The Morgan fingerprint density at radius 2 is 2.00 bits per heavy atom. The lowest BCUT2D eigenvalue weighted by Gasteiger charge is -2.11. The molecule has 116 valence electrons. The second-order valence-electron chi connectivity index (χ2n) is 5.16. The molecule has 0 atom stereocenters. The van der Waals surface area contributed by atoms with Crippen molar-refractivity contribution in [3.05, 3.63) is 48.4 Å². The Morgan fingerprint density at radius 1 is 1.17 bits per heavy atom. The molecule has 3 aromatic heterocycles. The summed E-state index contributed by atoms with van der Waals surface area (Å²) in [6.45, 7) is 0. The molecule has 1 N–H and O–H groups in total. The first-order valence-corrected chi connectivity index (χ1v) is 6.92. The van der Waals surface area contributed by atoms with Crippen LogP contribution in [0.25, 0.3) is 16.9 Å². The van der Waals surface area contributed by atoms with Gasteiger partial charge in [0.1, 0.15) is 5.82 Å². The smallest absolute Gasteiger partial charge is 0.223 e. The van der Waals surface area contributed by atoms with Crippen LogP contribution in [0.2, 0.25) is 0 Å². The van der Waals surface area contributed by atoms with Gasteiger partial charge in [-0.2, -0.15) is 9.78 Å². The molecule has 3 rings (SSSR count). The molecule has 0 aliphatic heterocycles. The number of nitrogens with zero attached hydrogens (tertiary/aromatic N) is 5. The predicted octanol–water partition coefficient (Wildman–Crippen LogP) is 1.91. The number of aromatic nitrogens is 4. The zero-order valence-electron chi connectivity index (χ0n) is 12.7. The van der Waals surface area contributed by atoms with Gasteiger partial charge in [0.15, 0.2) is 12.1 Å². The summed E-state index contributed by atoms with van der Waals surface area (Å²) in [6.07, 6.45) is 5.39. The van der Waals surface area contributed by atoms with Crippen molar-refractivity contribution in [3.63, 3.8) is 0 Å². The maximum absolute atomic E-state index is 10.7. The second-order valence-corrected chi connectivity index (χ2v) is 5.16. The summed E-state index contributed by atoms with van der Waals surface area (Å²) < 4.78 is 1.32. The lowest BCUT2D eigenvalue weighted by atomic mass is 10.1. The van der Waals surface area contributed by atoms with E-state index < -0.39 is 0 Å². The van der Waals surface area contributed by atoms with E-state index in [0.717, 1.165) is 11.4 Å². The number of carbonyl (C=O) groups is 1. The van der Waals surface area contributed by atoms with Crippen LogP contribution in [0.15, 0.2) is 42.9 Å². The fourth-order valence-corrected chi connectivity index (χ4v) is 2.14. The van der Waals surface area contributed by atoms with Crippen LogP contribution < -0.4 is 4.90 Å². The third-order valence-corrected chi connectivity index (χ3v) is 3.38. The van der Waals surface area contributed by atoms with Crippen LogP contribution in [0.1, 0.15) is 10.4 Å². The van der Waals surface area contributed by atoms with Crippen LogP contribution in [-0.2, 0) is 0 Å². The van der Waals surface area contributed by atoms with Gasteiger partial charge < -0.3 is 10.0 Å². The molecule has 0 amide bonds. The third kappa shape index (κ3) is 2.76. The average Bonchev–Trinajstić information content (AvgIpc) is 2.96. The highest BCUT2D eigenvalue weighted by Crippen LogP contribution is 2.31. The SMILES string of the molecule is CN(C)c1cc(-c2cnn(-c3ccc(C=O)cn3)c2O)ccn1. The van der Waals surface area contributed by atoms with E-state index in [1.807, 2.05) is 25.1 Å². The molecule has 7 heteroatoms. The summed E-state index contributed by atoms with van der Waals surface area (Å²) in [5.74, 6) is 1.19. The van der Waals surface area contributed by atoms with E-state index in [9.17, 15) is 9.90 Å². The Morgan fingerprint density at radius 3 is 2.65 bits per heavy atom. The number of aromatic hydroxyl groups is 1. The largest absolute Gasteiger partial charge is 0.493 e. The van der Waals surface area contributed by atoms with Crippen molar-refractivity contribution in [1.82, 2.24) is 19.7 Å². The van der Waals surface area contributed by atoms with E-state index >= 15 is 0 Å². The van der Waals surface area contributed by atoms with Gasteiger partial charge >= 0.3 is 0 Å². The van der Waals surface area contributed by atoms with Crippen LogP contribution >= 0.6 is 0 Å². The molecule has 0 aromatic carbocycles. The minimum absolute atomic E-state index is 0.0211. The number of aldehydes is 1. The highest BCUT2D eigenvalue weighted by atomic mass is 16.3. The third-order valence-electron chi connectivity index (χ3n) is 3.38. The molecule has 7 nitrogen and oxygen atoms in total. The molecule has 0 spiro atoms. The van der Waals surface area contributed by atoms with E-state index in [2.05, 4.69) is 15.1 Å². The zero-order chi connectivity index (χ0) is 16.4. The molecule has 0 unspecified atom stereocenters. The number of rotatable bonds is 4. The van der Waals surface area contributed by atoms with E-state index in [1.54, 1.807) is 30.6 Å². The monoisotopic (exact) mass is 309 g/mol. The number of hydrogen-bond donors (Lipinski definition) is 1. The molecule has 0 saturated heterocycles. The first-order valence-electron chi connectivity index (χ1n) is 6.92. The number of hydrogen-bond acceptors (Lipinski definition) is 6. The Hall–Kier alpha value is -3.22. The van der Waals surface area contributed by atoms with Gasteiger partial charge in [0, 0.05) is 32.1 Å². The van der Waals surface area contributed by atoms with Gasteiger partial charge in [-0.05, 0) is 29.8 Å². The molecule has 0 radical (unpaired) electrons. The quantitative estimate of drug-likeness (QED) is 0.741. The van der Waals surface area contributed by atoms with Crippen LogP contribution in [0.5, 0.6) is 5.88 Å². The first kappa shape index (κ1) is 14.7. The molecule has 3 heterocycles. The Balaban J connectivity index is 2.01. The molecule has 0 bridgehead atoms. The topological polar surface area (TPSA) is 84.1 Å². The van der Waals surface area contributed by atoms with Gasteiger partial charge in [-0.3, -0.25) is 4.79 Å². The molecular formula is C16H15N5O2. The van der Waals surface area contributed by atoms with E-state index in [4.69, 9.17) is 0 Å². The molecule has 23 heavy (non-hydrogen) atoms. The molecule has 0 aliphatic carbocycles. The van der Waals surface area contributed by atoms with E-state index in [-0.39, 0.29) is 5.88 Å². The van der Waals surface area contributed by atoms with Gasteiger partial charge in [-0.15, -0.1) is 0 Å². The summed E-state index contributed by atoms with van der Waals surface area (Å²) in [5.41, 5.74) is 1.85. The Bertz CT molecular complexity index is 840. The normalized spacial score (nSPS) is 10.5. The molecule has 0 fully saturated rings. The minimum atomic E-state index is -0.0211. The van der Waals surface area contributed by atoms with Crippen LogP contribution in [0.4, 0.5) is 5.82 Å². The fraction of sp³-hybridized carbons (Fsp3) is 0.125. The van der Waals surface area contributed by atoms with Gasteiger partial charge in [-0.25, -0.2) is 9.97 Å². The van der Waals surface area contributed by atoms with Crippen molar-refractivity contribution in [2.45, 2.75) is 0 Å². The van der Waals surface area contributed by atoms with Crippen molar-refractivity contribution in [1.29, 1.82) is 0 Å².